The van der Waals surface area contributed by atoms with Gasteiger partial charge in [-0.1, -0.05) is 23.8 Å². The fraction of sp³-hybridized carbons (Fsp3) is 0.357. The van der Waals surface area contributed by atoms with E-state index in [0.29, 0.717) is 0 Å². The number of ether oxygens (including phenoxy) is 1. The highest BCUT2D eigenvalue weighted by Crippen LogP contribution is 2.66. The molecule has 2 N–H and O–H groups in total. The van der Waals surface area contributed by atoms with Gasteiger partial charge in [0.2, 0.25) is 17.6 Å². The Morgan fingerprint density at radius 3 is 2.21 bits per heavy atom. The highest BCUT2D eigenvalue weighted by Gasteiger charge is 2.77. The highest BCUT2D eigenvalue weighted by molar-refractivity contribution is 6.58. The number of hydrogen-bond donors (Lipinski definition) is 2. The maximum Gasteiger partial charge on any atom is 0.258 e. The van der Waals surface area contributed by atoms with Crippen molar-refractivity contribution >= 4 is 52.5 Å². The summed E-state index contributed by atoms with van der Waals surface area (Å²) >= 11 is 13.9. The molecule has 2 aromatic carbocycles. The second-order valence-electron chi connectivity index (χ2n) is 10.7. The van der Waals surface area contributed by atoms with Gasteiger partial charge in [-0.15, -0.1) is 23.2 Å². The van der Waals surface area contributed by atoms with Gasteiger partial charge >= 0.3 is 0 Å². The molecule has 8 nitrogen and oxygen atoms in total. The molecule has 4 amide bonds. The van der Waals surface area contributed by atoms with Crippen LogP contribution in [0.25, 0.3) is 0 Å². The van der Waals surface area contributed by atoms with E-state index in [4.69, 9.17) is 27.9 Å². The minimum absolute atomic E-state index is 0.0117. The molecule has 2 aromatic rings. The molecular weight excluding hydrogens is 626 g/mol. The first kappa shape index (κ1) is 29.4. The fourth-order valence-electron chi connectivity index (χ4n) is 6.87. The number of para-hydroxylation sites is 1. The van der Waals surface area contributed by atoms with Crippen molar-refractivity contribution in [3.8, 4) is 11.5 Å². The van der Waals surface area contributed by atoms with Crippen LogP contribution in [0.2, 0.25) is 0 Å². The molecule has 2 aliphatic heterocycles. The van der Waals surface area contributed by atoms with Gasteiger partial charge in [-0.2, -0.15) is 0 Å². The molecule has 0 spiro atoms. The van der Waals surface area contributed by atoms with Crippen LogP contribution in [0.15, 0.2) is 29.8 Å². The zero-order chi connectivity index (χ0) is 31.3. The van der Waals surface area contributed by atoms with Crippen molar-refractivity contribution in [3.63, 3.8) is 0 Å². The lowest BCUT2D eigenvalue weighted by molar-refractivity contribution is -0.127. The molecule has 43 heavy (non-hydrogen) atoms. The summed E-state index contributed by atoms with van der Waals surface area (Å²) < 4.78 is 77.8. The highest BCUT2D eigenvalue weighted by atomic mass is 35.5. The van der Waals surface area contributed by atoms with Gasteiger partial charge in [0.25, 0.3) is 11.8 Å². The number of phenols is 1. The first-order valence-corrected chi connectivity index (χ1v) is 13.7. The van der Waals surface area contributed by atoms with Crippen molar-refractivity contribution in [1.82, 2.24) is 5.32 Å². The number of amides is 4. The predicted molar refractivity (Wildman–Crippen MR) is 139 cm³/mol. The third-order valence-electron chi connectivity index (χ3n) is 8.71. The van der Waals surface area contributed by atoms with Gasteiger partial charge in [0, 0.05) is 11.5 Å². The predicted octanol–water partition coefficient (Wildman–Crippen LogP) is 4.34. The molecule has 1 saturated carbocycles. The van der Waals surface area contributed by atoms with E-state index >= 15 is 8.78 Å². The number of allylic oxidation sites excluding steroid dienone is 2. The van der Waals surface area contributed by atoms with E-state index in [0.717, 1.165) is 0 Å². The normalized spacial score (nSPS) is 31.4. The van der Waals surface area contributed by atoms with Crippen LogP contribution in [0.4, 0.5) is 27.6 Å². The van der Waals surface area contributed by atoms with Crippen LogP contribution >= 0.6 is 23.2 Å². The molecule has 0 radical (unpaired) electrons. The fourth-order valence-corrected chi connectivity index (χ4v) is 7.79. The van der Waals surface area contributed by atoms with Gasteiger partial charge in [0.1, 0.15) is 5.69 Å². The van der Waals surface area contributed by atoms with Crippen molar-refractivity contribution in [2.24, 2.45) is 17.8 Å². The Hall–Kier alpha value is -3.71. The van der Waals surface area contributed by atoms with E-state index in [9.17, 15) is 37.5 Å². The third-order valence-corrected chi connectivity index (χ3v) is 10.1. The van der Waals surface area contributed by atoms with Crippen molar-refractivity contribution in [3.05, 3.63) is 64.5 Å². The number of alkyl halides is 2. The number of benzene rings is 2. The third kappa shape index (κ3) is 3.60. The number of hydrogen-bond acceptors (Lipinski definition) is 6. The van der Waals surface area contributed by atoms with Gasteiger partial charge in [-0.3, -0.25) is 24.5 Å². The Kier molecular flexibility index (Phi) is 6.59. The van der Waals surface area contributed by atoms with Gasteiger partial charge in [0.05, 0.1) is 18.4 Å². The van der Waals surface area contributed by atoms with Crippen molar-refractivity contribution in [2.45, 2.75) is 35.4 Å². The van der Waals surface area contributed by atoms with Gasteiger partial charge in [0.15, 0.2) is 44.5 Å². The molecule has 2 aliphatic carbocycles. The number of anilines is 1. The molecule has 4 aliphatic rings. The maximum atomic E-state index is 15.0. The molecule has 0 aromatic heterocycles. The van der Waals surface area contributed by atoms with E-state index < -0.39 is 104 Å². The van der Waals surface area contributed by atoms with Gasteiger partial charge < -0.3 is 9.84 Å². The van der Waals surface area contributed by atoms with E-state index in [1.54, 1.807) is 6.92 Å². The van der Waals surface area contributed by atoms with Gasteiger partial charge in [-0.25, -0.2) is 26.9 Å². The van der Waals surface area contributed by atoms with Crippen molar-refractivity contribution in [1.29, 1.82) is 0 Å². The smallest absolute Gasteiger partial charge is 0.258 e. The minimum atomic E-state index is -2.73. The number of nitrogens with one attached hydrogen (secondary N) is 1. The van der Waals surface area contributed by atoms with Crippen LogP contribution in [0, 0.1) is 46.8 Å². The number of phenolic OH excluding ortho intramolecular Hbond substituents is 1. The maximum absolute atomic E-state index is 15.0. The molecule has 6 atom stereocenters. The summed E-state index contributed by atoms with van der Waals surface area (Å²) in [4.78, 5) is 47.9. The summed E-state index contributed by atoms with van der Waals surface area (Å²) in [5.74, 6) is -22.1. The largest absolute Gasteiger partial charge is 0.504 e. The van der Waals surface area contributed by atoms with Crippen molar-refractivity contribution < 1.29 is 51.0 Å². The quantitative estimate of drug-likeness (QED) is 0.128. The summed E-state index contributed by atoms with van der Waals surface area (Å²) in [5.41, 5.74) is -1.80. The average Bonchev–Trinajstić information content (AvgIpc) is 3.34. The number of carbonyl (C=O) groups is 4. The van der Waals surface area contributed by atoms with E-state index in [1.165, 1.54) is 24.3 Å². The molecule has 15 heteroatoms. The standard InChI is InChI=1S/C28H19Cl2F5N2O6/c1-2-43-13-5-3-4-11(22(13)38)15-9-6-7-10-14(24(40)36-23(10)39)12(9)8-27(29)25(41)37(26(42)28(15,27)30)21-19(34)17(32)16(31)18(33)20(21)35/h3-6,10,12,14-15,38H,2,7-8H2,1H3,(H,36,39,40). The number of aromatic hydroxyl groups is 1. The molecular formula is C28H19Cl2F5N2O6. The molecule has 3 fully saturated rings. The second-order valence-corrected chi connectivity index (χ2v) is 11.9. The van der Waals surface area contributed by atoms with Crippen LogP contribution in [0.1, 0.15) is 31.2 Å². The van der Waals surface area contributed by atoms with E-state index in [2.05, 4.69) is 5.32 Å². The van der Waals surface area contributed by atoms with Crippen LogP contribution in [0.3, 0.4) is 0 Å². The molecule has 6 unspecified atom stereocenters. The summed E-state index contributed by atoms with van der Waals surface area (Å²) in [6.45, 7) is 1.71. The Bertz CT molecular complexity index is 1670. The zero-order valence-corrected chi connectivity index (χ0v) is 23.3. The Morgan fingerprint density at radius 1 is 0.953 bits per heavy atom. The van der Waals surface area contributed by atoms with Gasteiger partial charge in [-0.05, 0) is 31.7 Å². The van der Waals surface area contributed by atoms with Crippen LogP contribution < -0.4 is 15.0 Å². The Morgan fingerprint density at radius 2 is 1.58 bits per heavy atom. The molecule has 2 heterocycles. The van der Waals surface area contributed by atoms with E-state index in [-0.39, 0.29) is 34.8 Å². The lowest BCUT2D eigenvalue weighted by Gasteiger charge is -2.50. The monoisotopic (exact) mass is 644 g/mol. The molecule has 0 bridgehead atoms. The number of fused-ring (bicyclic) bond motifs is 4. The number of halogens is 7. The summed E-state index contributed by atoms with van der Waals surface area (Å²) in [7, 11) is 0. The first-order chi connectivity index (χ1) is 20.2. The molecule has 6 rings (SSSR count). The number of imide groups is 2. The number of rotatable bonds is 4. The number of carbonyl (C=O) groups excluding carboxylic acids is 4. The topological polar surface area (TPSA) is 113 Å². The van der Waals surface area contributed by atoms with Crippen LogP contribution in [-0.2, 0) is 19.2 Å². The Balaban J connectivity index is 1.63. The van der Waals surface area contributed by atoms with E-state index in [1.807, 2.05) is 0 Å². The molecule has 226 valence electrons. The Labute approximate surface area is 249 Å². The second kappa shape index (κ2) is 9.65. The summed E-state index contributed by atoms with van der Waals surface area (Å²) in [6.07, 6.45) is 0.869. The average molecular weight is 645 g/mol. The summed E-state index contributed by atoms with van der Waals surface area (Å²) in [6, 6.07) is 4.12. The lowest BCUT2D eigenvalue weighted by Crippen LogP contribution is -2.60. The minimum Gasteiger partial charge on any atom is -0.504 e. The van der Waals surface area contributed by atoms with Crippen molar-refractivity contribution in [2.75, 3.05) is 11.5 Å². The van der Waals surface area contributed by atoms with Crippen LogP contribution in [0.5, 0.6) is 11.5 Å². The SMILES string of the molecule is CCOc1cccc(C2C3=CCC4C(=O)NC(=O)C4C3CC3(Cl)C(=O)N(c4c(F)c(F)c(F)c(F)c4F)C(=O)C23Cl)c1O. The zero-order valence-electron chi connectivity index (χ0n) is 21.8. The molecule has 2 saturated heterocycles. The lowest BCUT2D eigenvalue weighted by atomic mass is 9.56. The van der Waals surface area contributed by atoms with Crippen LogP contribution in [-0.4, -0.2) is 45.1 Å². The first-order valence-electron chi connectivity index (χ1n) is 13.0. The number of nitrogens with zero attached hydrogens (tertiary/aromatic N) is 1. The summed E-state index contributed by atoms with van der Waals surface area (Å²) in [5, 5.41) is 13.4.